The second-order valence-electron chi connectivity index (χ2n) is 3.82. The molecule has 13 heavy (non-hydrogen) atoms. The number of sulfonamides is 1. The van der Waals surface area contributed by atoms with Crippen LogP contribution < -0.4 is 4.72 Å². The molecule has 0 saturated carbocycles. The lowest BCUT2D eigenvalue weighted by Gasteiger charge is -2.28. The van der Waals surface area contributed by atoms with Crippen molar-refractivity contribution in [1.82, 2.24) is 4.72 Å². The molecule has 0 fully saturated rings. The van der Waals surface area contributed by atoms with Gasteiger partial charge in [0.2, 0.25) is 10.0 Å². The van der Waals surface area contributed by atoms with Crippen molar-refractivity contribution in [2.24, 2.45) is 0 Å². The number of nitrogens with one attached hydrogen (secondary N) is 1. The first-order chi connectivity index (χ1) is 5.71. The van der Waals surface area contributed by atoms with E-state index in [2.05, 4.69) is 4.72 Å². The maximum atomic E-state index is 11.3. The Balaban J connectivity index is 4.43. The summed E-state index contributed by atoms with van der Waals surface area (Å²) in [7, 11) is -3.24. The van der Waals surface area contributed by atoms with Crippen LogP contribution >= 0.6 is 0 Å². The molecule has 0 aromatic heterocycles. The first-order valence-corrected chi connectivity index (χ1v) is 6.06. The molecular weight excluding hydrogens is 190 g/mol. The van der Waals surface area contributed by atoms with Gasteiger partial charge in [-0.2, -0.15) is 0 Å². The third-order valence-electron chi connectivity index (χ3n) is 1.94. The molecule has 5 heteroatoms. The zero-order valence-electron chi connectivity index (χ0n) is 8.66. The molecule has 80 valence electrons. The van der Waals surface area contributed by atoms with Gasteiger partial charge < -0.3 is 5.11 Å². The van der Waals surface area contributed by atoms with Gasteiger partial charge in [-0.15, -0.1) is 0 Å². The number of hydrogen-bond acceptors (Lipinski definition) is 3. The van der Waals surface area contributed by atoms with E-state index in [0.717, 1.165) is 0 Å². The molecule has 4 nitrogen and oxygen atoms in total. The van der Waals surface area contributed by atoms with Gasteiger partial charge in [0.25, 0.3) is 0 Å². The van der Waals surface area contributed by atoms with E-state index >= 15 is 0 Å². The van der Waals surface area contributed by atoms with Gasteiger partial charge in [0.1, 0.15) is 0 Å². The molecule has 0 saturated heterocycles. The van der Waals surface area contributed by atoms with Gasteiger partial charge in [-0.3, -0.25) is 0 Å². The van der Waals surface area contributed by atoms with E-state index in [1.165, 1.54) is 0 Å². The minimum atomic E-state index is -3.24. The smallest absolute Gasteiger partial charge is 0.212 e. The topological polar surface area (TPSA) is 66.4 Å². The van der Waals surface area contributed by atoms with Crippen LogP contribution in [-0.2, 0) is 10.0 Å². The quantitative estimate of drug-likeness (QED) is 0.692. The Morgan fingerprint density at radius 1 is 1.46 bits per heavy atom. The first kappa shape index (κ1) is 12.9. The van der Waals surface area contributed by atoms with Crippen molar-refractivity contribution in [3.05, 3.63) is 0 Å². The molecule has 0 aliphatic carbocycles. The molecular formula is C8H19NO3S. The SMILES string of the molecule is CCCS(=O)(=O)NC(C)(C)C(C)O. The monoisotopic (exact) mass is 209 g/mol. The highest BCUT2D eigenvalue weighted by Gasteiger charge is 2.28. The largest absolute Gasteiger partial charge is 0.391 e. The van der Waals surface area contributed by atoms with Gasteiger partial charge in [-0.1, -0.05) is 6.92 Å². The van der Waals surface area contributed by atoms with Crippen molar-refractivity contribution >= 4 is 10.0 Å². The van der Waals surface area contributed by atoms with Crippen LogP contribution in [0, 0.1) is 0 Å². The van der Waals surface area contributed by atoms with Crippen molar-refractivity contribution < 1.29 is 13.5 Å². The van der Waals surface area contributed by atoms with Crippen LogP contribution in [0.3, 0.4) is 0 Å². The van der Waals surface area contributed by atoms with Crippen LogP contribution in [0.25, 0.3) is 0 Å². The summed E-state index contributed by atoms with van der Waals surface area (Å²) in [5.74, 6) is 0.100. The minimum absolute atomic E-state index is 0.100. The highest BCUT2D eigenvalue weighted by molar-refractivity contribution is 7.89. The molecule has 1 unspecified atom stereocenters. The lowest BCUT2D eigenvalue weighted by molar-refractivity contribution is 0.111. The van der Waals surface area contributed by atoms with Gasteiger partial charge in [0.15, 0.2) is 0 Å². The summed E-state index contributed by atoms with van der Waals surface area (Å²) in [4.78, 5) is 0. The molecule has 1 atom stereocenters. The number of rotatable bonds is 5. The fourth-order valence-corrected chi connectivity index (χ4v) is 2.42. The van der Waals surface area contributed by atoms with Crippen LogP contribution in [-0.4, -0.2) is 30.9 Å². The number of aliphatic hydroxyl groups is 1. The molecule has 0 radical (unpaired) electrons. The Morgan fingerprint density at radius 3 is 2.23 bits per heavy atom. The summed E-state index contributed by atoms with van der Waals surface area (Å²) >= 11 is 0. The second kappa shape index (κ2) is 4.39. The van der Waals surface area contributed by atoms with E-state index < -0.39 is 21.7 Å². The summed E-state index contributed by atoms with van der Waals surface area (Å²) in [6.45, 7) is 6.68. The fourth-order valence-electron chi connectivity index (χ4n) is 0.806. The average Bonchev–Trinajstić information content (AvgIpc) is 1.83. The Morgan fingerprint density at radius 2 is 1.92 bits per heavy atom. The average molecular weight is 209 g/mol. The maximum absolute atomic E-state index is 11.3. The fraction of sp³-hybridized carbons (Fsp3) is 1.00. The molecule has 0 aromatic carbocycles. The van der Waals surface area contributed by atoms with Gasteiger partial charge in [0.05, 0.1) is 17.4 Å². The highest BCUT2D eigenvalue weighted by atomic mass is 32.2. The second-order valence-corrected chi connectivity index (χ2v) is 5.66. The highest BCUT2D eigenvalue weighted by Crippen LogP contribution is 2.10. The first-order valence-electron chi connectivity index (χ1n) is 4.41. The molecule has 0 aliphatic heterocycles. The van der Waals surface area contributed by atoms with Crippen LogP contribution in [0.4, 0.5) is 0 Å². The van der Waals surface area contributed by atoms with E-state index in [1.54, 1.807) is 27.7 Å². The molecule has 0 amide bonds. The molecule has 0 spiro atoms. The lowest BCUT2D eigenvalue weighted by Crippen LogP contribution is -2.51. The Bertz CT molecular complexity index is 244. The Kier molecular flexibility index (Phi) is 4.35. The van der Waals surface area contributed by atoms with Crippen LogP contribution in [0.15, 0.2) is 0 Å². The van der Waals surface area contributed by atoms with Gasteiger partial charge in [-0.25, -0.2) is 13.1 Å². The zero-order valence-corrected chi connectivity index (χ0v) is 9.48. The van der Waals surface area contributed by atoms with Crippen molar-refractivity contribution in [1.29, 1.82) is 0 Å². The molecule has 0 bridgehead atoms. The van der Waals surface area contributed by atoms with Crippen LogP contribution in [0.2, 0.25) is 0 Å². The van der Waals surface area contributed by atoms with E-state index in [0.29, 0.717) is 6.42 Å². The Labute approximate surface area is 80.4 Å². The maximum Gasteiger partial charge on any atom is 0.212 e. The summed E-state index contributed by atoms with van der Waals surface area (Å²) in [5, 5.41) is 9.28. The third kappa shape index (κ3) is 4.59. The molecule has 0 aromatic rings. The molecule has 0 rings (SSSR count). The van der Waals surface area contributed by atoms with E-state index in [9.17, 15) is 13.5 Å². The lowest BCUT2D eigenvalue weighted by atomic mass is 10.0. The summed E-state index contributed by atoms with van der Waals surface area (Å²) in [6.07, 6.45) is -0.135. The predicted molar refractivity (Wildman–Crippen MR) is 53.0 cm³/mol. The summed E-state index contributed by atoms with van der Waals surface area (Å²) in [6, 6.07) is 0. The normalized spacial score (nSPS) is 15.8. The predicted octanol–water partition coefficient (Wildman–Crippen LogP) is 0.475. The van der Waals surface area contributed by atoms with Crippen molar-refractivity contribution in [2.45, 2.75) is 45.8 Å². The summed E-state index contributed by atoms with van der Waals surface area (Å²) in [5.41, 5.74) is -0.798. The van der Waals surface area contributed by atoms with E-state index in [1.807, 2.05) is 0 Å². The van der Waals surface area contributed by atoms with Gasteiger partial charge in [0, 0.05) is 0 Å². The number of aliphatic hydroxyl groups excluding tert-OH is 1. The molecule has 0 heterocycles. The molecule has 0 aliphatic rings. The number of hydrogen-bond donors (Lipinski definition) is 2. The van der Waals surface area contributed by atoms with E-state index in [4.69, 9.17) is 0 Å². The van der Waals surface area contributed by atoms with Gasteiger partial charge in [-0.05, 0) is 27.2 Å². The van der Waals surface area contributed by atoms with E-state index in [-0.39, 0.29) is 5.75 Å². The summed E-state index contributed by atoms with van der Waals surface area (Å²) < 4.78 is 25.1. The minimum Gasteiger partial charge on any atom is -0.391 e. The van der Waals surface area contributed by atoms with Gasteiger partial charge >= 0.3 is 0 Å². The van der Waals surface area contributed by atoms with Crippen LogP contribution in [0.5, 0.6) is 0 Å². The molecule has 2 N–H and O–H groups in total. The van der Waals surface area contributed by atoms with Crippen molar-refractivity contribution in [2.75, 3.05) is 5.75 Å². The van der Waals surface area contributed by atoms with Crippen molar-refractivity contribution in [3.8, 4) is 0 Å². The van der Waals surface area contributed by atoms with Crippen LogP contribution in [0.1, 0.15) is 34.1 Å². The zero-order chi connectivity index (χ0) is 10.7. The standard InChI is InChI=1S/C8H19NO3S/c1-5-6-13(11,12)9-8(3,4)7(2)10/h7,9-10H,5-6H2,1-4H3. The van der Waals surface area contributed by atoms with Crippen molar-refractivity contribution in [3.63, 3.8) is 0 Å². The Hall–Kier alpha value is -0.130. The third-order valence-corrected chi connectivity index (χ3v) is 3.72.